The normalized spacial score (nSPS) is 23.1. The third kappa shape index (κ3) is 2.16. The number of allylic oxidation sites excluding steroid dienone is 4. The highest BCUT2D eigenvalue weighted by atomic mass is 28.4. The molecule has 0 spiro atoms. The van der Waals surface area contributed by atoms with Crippen molar-refractivity contribution in [1.82, 2.24) is 0 Å². The van der Waals surface area contributed by atoms with Crippen molar-refractivity contribution in [3.63, 3.8) is 0 Å². The lowest BCUT2D eigenvalue weighted by Gasteiger charge is -2.39. The Morgan fingerprint density at radius 2 is 1.26 bits per heavy atom. The van der Waals surface area contributed by atoms with E-state index in [1.165, 1.54) is 48.0 Å². The summed E-state index contributed by atoms with van der Waals surface area (Å²) in [5.41, 5.74) is 6.94. The lowest BCUT2D eigenvalue weighted by Crippen LogP contribution is -2.49. The highest BCUT2D eigenvalue weighted by Crippen LogP contribution is 2.54. The van der Waals surface area contributed by atoms with E-state index in [4.69, 9.17) is 8.85 Å². The van der Waals surface area contributed by atoms with Gasteiger partial charge in [0.2, 0.25) is 0 Å². The Labute approximate surface area is 119 Å². The summed E-state index contributed by atoms with van der Waals surface area (Å²) >= 11 is 0. The van der Waals surface area contributed by atoms with Gasteiger partial charge in [0.1, 0.15) is 0 Å². The van der Waals surface area contributed by atoms with Crippen LogP contribution in [0.2, 0.25) is 11.1 Å². The van der Waals surface area contributed by atoms with Crippen LogP contribution in [-0.2, 0) is 8.85 Å². The van der Waals surface area contributed by atoms with E-state index in [0.717, 1.165) is 0 Å². The molecule has 0 N–H and O–H groups in total. The Balaban J connectivity index is 2.45. The van der Waals surface area contributed by atoms with Gasteiger partial charge in [0.05, 0.1) is 0 Å². The fourth-order valence-electron chi connectivity index (χ4n) is 4.17. The largest absolute Gasteiger partial charge is 0.397 e. The Bertz CT molecular complexity index is 388. The van der Waals surface area contributed by atoms with E-state index in [9.17, 15) is 0 Å². The van der Waals surface area contributed by atoms with Gasteiger partial charge in [0.15, 0.2) is 0 Å². The van der Waals surface area contributed by atoms with Crippen molar-refractivity contribution in [1.29, 1.82) is 0 Å². The van der Waals surface area contributed by atoms with Gasteiger partial charge in [0.25, 0.3) is 0 Å². The second-order valence-corrected chi connectivity index (χ2v) is 9.81. The molecular formula is C16H28O2Si. The van der Waals surface area contributed by atoms with Gasteiger partial charge in [-0.15, -0.1) is 0 Å². The molecular weight excluding hydrogens is 252 g/mol. The standard InChI is InChI=1S/C16H28O2Si/c1-11-12(2)14(4)16(13(11)3)19(17-5,18-6)15-9-7-8-10-15/h15-16H,7-10H2,1-6H3. The van der Waals surface area contributed by atoms with Crippen LogP contribution in [0.1, 0.15) is 53.4 Å². The lowest BCUT2D eigenvalue weighted by atomic mass is 10.1. The fraction of sp³-hybridized carbons (Fsp3) is 0.750. The minimum Gasteiger partial charge on any atom is -0.397 e. The first kappa shape index (κ1) is 15.0. The maximum Gasteiger partial charge on any atom is 0.352 e. The van der Waals surface area contributed by atoms with Crippen molar-refractivity contribution in [2.24, 2.45) is 0 Å². The van der Waals surface area contributed by atoms with E-state index < -0.39 is 8.56 Å². The fourth-order valence-corrected chi connectivity index (χ4v) is 8.80. The molecule has 0 aromatic rings. The summed E-state index contributed by atoms with van der Waals surface area (Å²) in [4.78, 5) is 0. The topological polar surface area (TPSA) is 18.5 Å². The SMILES string of the molecule is CO[Si](OC)(C1CCCC1)C1C(C)=C(C)C(C)=C1C. The van der Waals surface area contributed by atoms with E-state index in [1.54, 1.807) is 0 Å². The Hall–Kier alpha value is -0.383. The van der Waals surface area contributed by atoms with Crippen LogP contribution in [-0.4, -0.2) is 22.8 Å². The molecule has 19 heavy (non-hydrogen) atoms. The van der Waals surface area contributed by atoms with Crippen LogP contribution in [0.3, 0.4) is 0 Å². The van der Waals surface area contributed by atoms with Crippen LogP contribution < -0.4 is 0 Å². The molecule has 1 saturated carbocycles. The first-order valence-corrected chi connectivity index (χ1v) is 9.42. The van der Waals surface area contributed by atoms with E-state index in [-0.39, 0.29) is 0 Å². The number of rotatable bonds is 4. The molecule has 3 heteroatoms. The van der Waals surface area contributed by atoms with Crippen LogP contribution in [0.4, 0.5) is 0 Å². The van der Waals surface area contributed by atoms with Crippen molar-refractivity contribution in [3.05, 3.63) is 22.3 Å². The minimum absolute atomic E-state index is 0.422. The monoisotopic (exact) mass is 280 g/mol. The molecule has 2 rings (SSSR count). The van der Waals surface area contributed by atoms with E-state index >= 15 is 0 Å². The molecule has 0 amide bonds. The summed E-state index contributed by atoms with van der Waals surface area (Å²) < 4.78 is 12.3. The predicted octanol–water partition coefficient (Wildman–Crippen LogP) is 4.72. The highest BCUT2D eigenvalue weighted by molar-refractivity contribution is 6.72. The van der Waals surface area contributed by atoms with Gasteiger partial charge in [-0.2, -0.15) is 0 Å². The van der Waals surface area contributed by atoms with Crippen LogP contribution in [0.25, 0.3) is 0 Å². The van der Waals surface area contributed by atoms with Crippen molar-refractivity contribution in [2.75, 3.05) is 14.2 Å². The minimum atomic E-state index is -2.20. The Kier molecular flexibility index (Phi) is 4.38. The molecule has 0 radical (unpaired) electrons. The highest BCUT2D eigenvalue weighted by Gasteiger charge is 2.54. The van der Waals surface area contributed by atoms with Crippen molar-refractivity contribution in [2.45, 2.75) is 64.5 Å². The second kappa shape index (κ2) is 5.55. The molecule has 0 bridgehead atoms. The average molecular weight is 280 g/mol. The number of hydrogen-bond donors (Lipinski definition) is 0. The van der Waals surface area contributed by atoms with Gasteiger partial charge < -0.3 is 8.85 Å². The van der Waals surface area contributed by atoms with Crippen molar-refractivity contribution >= 4 is 8.56 Å². The van der Waals surface area contributed by atoms with Crippen LogP contribution in [0, 0.1) is 0 Å². The summed E-state index contributed by atoms with van der Waals surface area (Å²) in [5.74, 6) is 0. The summed E-state index contributed by atoms with van der Waals surface area (Å²) in [7, 11) is 1.54. The molecule has 2 nitrogen and oxygen atoms in total. The molecule has 0 atom stereocenters. The molecule has 108 valence electrons. The quantitative estimate of drug-likeness (QED) is 0.694. The Morgan fingerprint density at radius 1 is 0.842 bits per heavy atom. The molecule has 0 aromatic carbocycles. The van der Waals surface area contributed by atoms with E-state index in [2.05, 4.69) is 27.7 Å². The van der Waals surface area contributed by atoms with Gasteiger partial charge in [-0.05, 0) is 51.7 Å². The van der Waals surface area contributed by atoms with E-state index in [0.29, 0.717) is 11.1 Å². The number of hydrogen-bond acceptors (Lipinski definition) is 2. The molecule has 0 saturated heterocycles. The molecule has 0 heterocycles. The summed E-state index contributed by atoms with van der Waals surface area (Å²) in [5, 5.41) is 0. The third-order valence-electron chi connectivity index (χ3n) is 5.58. The average Bonchev–Trinajstić information content (AvgIpc) is 3.01. The summed E-state index contributed by atoms with van der Waals surface area (Å²) in [6.07, 6.45) is 5.23. The smallest absolute Gasteiger partial charge is 0.352 e. The molecule has 2 aliphatic carbocycles. The first-order chi connectivity index (χ1) is 8.99. The van der Waals surface area contributed by atoms with Crippen LogP contribution in [0.15, 0.2) is 22.3 Å². The van der Waals surface area contributed by atoms with Crippen LogP contribution >= 0.6 is 0 Å². The molecule has 1 fully saturated rings. The molecule has 2 aliphatic rings. The third-order valence-corrected chi connectivity index (χ3v) is 10.2. The molecule has 0 aromatic heterocycles. The van der Waals surface area contributed by atoms with E-state index in [1.807, 2.05) is 14.2 Å². The maximum absolute atomic E-state index is 6.14. The molecule has 0 unspecified atom stereocenters. The zero-order valence-corrected chi connectivity index (χ0v) is 14.3. The van der Waals surface area contributed by atoms with Crippen LogP contribution in [0.5, 0.6) is 0 Å². The lowest BCUT2D eigenvalue weighted by molar-refractivity contribution is 0.223. The van der Waals surface area contributed by atoms with Gasteiger partial charge in [-0.25, -0.2) is 0 Å². The summed E-state index contributed by atoms with van der Waals surface area (Å²) in [6, 6.07) is 0. The predicted molar refractivity (Wildman–Crippen MR) is 82.5 cm³/mol. The van der Waals surface area contributed by atoms with Gasteiger partial charge in [-0.1, -0.05) is 24.0 Å². The molecule has 0 aliphatic heterocycles. The zero-order chi connectivity index (χ0) is 14.2. The first-order valence-electron chi connectivity index (χ1n) is 7.45. The van der Waals surface area contributed by atoms with Gasteiger partial charge in [0, 0.05) is 25.3 Å². The summed E-state index contributed by atoms with van der Waals surface area (Å²) in [6.45, 7) is 9.03. The second-order valence-electron chi connectivity index (χ2n) is 6.16. The maximum atomic E-state index is 6.14. The van der Waals surface area contributed by atoms with Gasteiger partial charge in [-0.3, -0.25) is 0 Å². The zero-order valence-electron chi connectivity index (χ0n) is 13.3. The van der Waals surface area contributed by atoms with Gasteiger partial charge >= 0.3 is 8.56 Å². The Morgan fingerprint density at radius 3 is 1.63 bits per heavy atom. The van der Waals surface area contributed by atoms with Crippen molar-refractivity contribution < 1.29 is 8.85 Å². The van der Waals surface area contributed by atoms with Crippen molar-refractivity contribution in [3.8, 4) is 0 Å².